The van der Waals surface area contributed by atoms with Crippen LogP contribution in [0, 0.1) is 13.8 Å². The first-order valence-corrected chi connectivity index (χ1v) is 7.26. The SMILES string of the molecule is Cc1cccc(C)c1NC(=S)NN=C1CCCCC1. The molecule has 3 nitrogen and oxygen atoms in total. The van der Waals surface area contributed by atoms with Crippen molar-refractivity contribution >= 4 is 28.7 Å². The number of benzene rings is 1. The van der Waals surface area contributed by atoms with Gasteiger partial charge in [0.25, 0.3) is 0 Å². The molecule has 1 aromatic carbocycles. The maximum atomic E-state index is 5.29. The van der Waals surface area contributed by atoms with E-state index in [4.69, 9.17) is 12.2 Å². The number of nitrogens with zero attached hydrogens (tertiary/aromatic N) is 1. The second kappa shape index (κ2) is 6.66. The van der Waals surface area contributed by atoms with Gasteiger partial charge >= 0.3 is 0 Å². The summed E-state index contributed by atoms with van der Waals surface area (Å²) in [5.74, 6) is 0. The monoisotopic (exact) mass is 275 g/mol. The summed E-state index contributed by atoms with van der Waals surface area (Å²) in [4.78, 5) is 0. The molecular formula is C15H21N3S. The lowest BCUT2D eigenvalue weighted by atomic mass is 9.99. The smallest absolute Gasteiger partial charge is 0.191 e. The fourth-order valence-electron chi connectivity index (χ4n) is 2.35. The Balaban J connectivity index is 1.94. The number of para-hydroxylation sites is 1. The number of thiocarbonyl (C=S) groups is 1. The molecule has 2 rings (SSSR count). The predicted octanol–water partition coefficient (Wildman–Crippen LogP) is 3.91. The van der Waals surface area contributed by atoms with Gasteiger partial charge in [0.15, 0.2) is 5.11 Å². The largest absolute Gasteiger partial charge is 0.331 e. The van der Waals surface area contributed by atoms with E-state index in [2.05, 4.69) is 47.9 Å². The third kappa shape index (κ3) is 4.03. The van der Waals surface area contributed by atoms with Crippen LogP contribution in [0.1, 0.15) is 43.2 Å². The molecule has 0 saturated heterocycles. The molecule has 0 radical (unpaired) electrons. The highest BCUT2D eigenvalue weighted by Crippen LogP contribution is 2.19. The molecule has 1 aromatic rings. The zero-order valence-corrected chi connectivity index (χ0v) is 12.4. The van der Waals surface area contributed by atoms with Gasteiger partial charge in [-0.1, -0.05) is 24.6 Å². The van der Waals surface area contributed by atoms with Crippen molar-refractivity contribution in [1.82, 2.24) is 5.43 Å². The number of hydrogen-bond donors (Lipinski definition) is 2. The van der Waals surface area contributed by atoms with Crippen molar-refractivity contribution in [2.45, 2.75) is 46.0 Å². The number of nitrogens with one attached hydrogen (secondary N) is 2. The average molecular weight is 275 g/mol. The molecule has 0 bridgehead atoms. The van der Waals surface area contributed by atoms with Crippen LogP contribution in [0.15, 0.2) is 23.3 Å². The van der Waals surface area contributed by atoms with Gasteiger partial charge in [0.1, 0.15) is 0 Å². The van der Waals surface area contributed by atoms with E-state index in [1.807, 2.05) is 0 Å². The Morgan fingerprint density at radius 1 is 1.11 bits per heavy atom. The van der Waals surface area contributed by atoms with Crippen LogP contribution in [0.25, 0.3) is 0 Å². The molecule has 1 aliphatic carbocycles. The Labute approximate surface area is 120 Å². The van der Waals surface area contributed by atoms with Crippen molar-refractivity contribution in [3.8, 4) is 0 Å². The number of rotatable bonds is 2. The van der Waals surface area contributed by atoms with Crippen LogP contribution < -0.4 is 10.7 Å². The van der Waals surface area contributed by atoms with Gasteiger partial charge in [-0.3, -0.25) is 5.43 Å². The molecular weight excluding hydrogens is 254 g/mol. The summed E-state index contributed by atoms with van der Waals surface area (Å²) >= 11 is 5.29. The Bertz CT molecular complexity index is 466. The predicted molar refractivity (Wildman–Crippen MR) is 85.8 cm³/mol. The molecule has 4 heteroatoms. The van der Waals surface area contributed by atoms with Crippen molar-refractivity contribution in [3.05, 3.63) is 29.3 Å². The van der Waals surface area contributed by atoms with E-state index in [-0.39, 0.29) is 0 Å². The summed E-state index contributed by atoms with van der Waals surface area (Å²) < 4.78 is 0. The van der Waals surface area contributed by atoms with Gasteiger partial charge in [-0.2, -0.15) is 5.10 Å². The first-order valence-electron chi connectivity index (χ1n) is 6.85. The summed E-state index contributed by atoms with van der Waals surface area (Å²) in [6.07, 6.45) is 6.01. The van der Waals surface area contributed by atoms with E-state index in [1.165, 1.54) is 36.1 Å². The Morgan fingerprint density at radius 3 is 2.37 bits per heavy atom. The lowest BCUT2D eigenvalue weighted by Gasteiger charge is -2.15. The summed E-state index contributed by atoms with van der Waals surface area (Å²) in [6.45, 7) is 4.15. The van der Waals surface area contributed by atoms with E-state index < -0.39 is 0 Å². The van der Waals surface area contributed by atoms with E-state index in [9.17, 15) is 0 Å². The topological polar surface area (TPSA) is 36.4 Å². The van der Waals surface area contributed by atoms with Gasteiger partial charge in [0, 0.05) is 11.4 Å². The molecule has 0 spiro atoms. The van der Waals surface area contributed by atoms with E-state index >= 15 is 0 Å². The van der Waals surface area contributed by atoms with Gasteiger partial charge in [-0.05, 0) is 62.9 Å². The average Bonchev–Trinajstić information content (AvgIpc) is 2.42. The normalized spacial score (nSPS) is 14.9. The second-order valence-corrected chi connectivity index (χ2v) is 5.48. The van der Waals surface area contributed by atoms with Crippen LogP contribution in [0.5, 0.6) is 0 Å². The Kier molecular flexibility index (Phi) is 4.91. The highest BCUT2D eigenvalue weighted by Gasteiger charge is 2.07. The summed E-state index contributed by atoms with van der Waals surface area (Å²) in [6, 6.07) is 6.20. The van der Waals surface area contributed by atoms with Crippen LogP contribution in [-0.2, 0) is 0 Å². The summed E-state index contributed by atoms with van der Waals surface area (Å²) in [5.41, 5.74) is 7.65. The second-order valence-electron chi connectivity index (χ2n) is 5.07. The molecule has 1 saturated carbocycles. The molecule has 0 aromatic heterocycles. The van der Waals surface area contributed by atoms with E-state index in [0.717, 1.165) is 18.5 Å². The molecule has 0 atom stereocenters. The molecule has 1 fully saturated rings. The Morgan fingerprint density at radius 2 is 1.74 bits per heavy atom. The fraction of sp³-hybridized carbons (Fsp3) is 0.467. The quantitative estimate of drug-likeness (QED) is 0.634. The van der Waals surface area contributed by atoms with Crippen molar-refractivity contribution in [1.29, 1.82) is 0 Å². The number of hydrazone groups is 1. The summed E-state index contributed by atoms with van der Waals surface area (Å²) in [7, 11) is 0. The van der Waals surface area contributed by atoms with Crippen molar-refractivity contribution in [3.63, 3.8) is 0 Å². The third-order valence-corrected chi connectivity index (χ3v) is 3.66. The van der Waals surface area contributed by atoms with Crippen LogP contribution >= 0.6 is 12.2 Å². The lowest BCUT2D eigenvalue weighted by Crippen LogP contribution is -2.26. The van der Waals surface area contributed by atoms with E-state index in [1.54, 1.807) is 0 Å². The molecule has 0 aliphatic heterocycles. The van der Waals surface area contributed by atoms with Gasteiger partial charge in [0.2, 0.25) is 0 Å². The molecule has 0 amide bonds. The standard InChI is InChI=1S/C15H21N3S/c1-11-7-6-8-12(2)14(11)16-15(19)18-17-13-9-4-3-5-10-13/h6-8H,3-5,9-10H2,1-2H3,(H2,16,18,19). The first-order chi connectivity index (χ1) is 9.16. The highest BCUT2D eigenvalue weighted by molar-refractivity contribution is 7.80. The molecule has 2 N–H and O–H groups in total. The van der Waals surface area contributed by atoms with Crippen LogP contribution in [0.3, 0.4) is 0 Å². The minimum absolute atomic E-state index is 0.565. The first kappa shape index (κ1) is 14.0. The maximum absolute atomic E-state index is 5.29. The number of aryl methyl sites for hydroxylation is 2. The van der Waals surface area contributed by atoms with Gasteiger partial charge in [0.05, 0.1) is 0 Å². The summed E-state index contributed by atoms with van der Waals surface area (Å²) in [5, 5.41) is 8.20. The van der Waals surface area contributed by atoms with Crippen molar-refractivity contribution < 1.29 is 0 Å². The molecule has 19 heavy (non-hydrogen) atoms. The van der Waals surface area contributed by atoms with Gasteiger partial charge in [-0.25, -0.2) is 0 Å². The maximum Gasteiger partial charge on any atom is 0.191 e. The van der Waals surface area contributed by atoms with Crippen LogP contribution in [0.2, 0.25) is 0 Å². The molecule has 0 unspecified atom stereocenters. The number of hydrogen-bond acceptors (Lipinski definition) is 2. The molecule has 1 aliphatic rings. The highest BCUT2D eigenvalue weighted by atomic mass is 32.1. The zero-order chi connectivity index (χ0) is 13.7. The van der Waals surface area contributed by atoms with Gasteiger partial charge < -0.3 is 5.32 Å². The fourth-order valence-corrected chi connectivity index (χ4v) is 2.50. The third-order valence-electron chi connectivity index (χ3n) is 3.47. The Hall–Kier alpha value is -1.42. The van der Waals surface area contributed by atoms with Crippen molar-refractivity contribution in [2.24, 2.45) is 5.10 Å². The molecule has 0 heterocycles. The van der Waals surface area contributed by atoms with Crippen LogP contribution in [-0.4, -0.2) is 10.8 Å². The van der Waals surface area contributed by atoms with Gasteiger partial charge in [-0.15, -0.1) is 0 Å². The van der Waals surface area contributed by atoms with Crippen molar-refractivity contribution in [2.75, 3.05) is 5.32 Å². The number of anilines is 1. The minimum atomic E-state index is 0.565. The lowest BCUT2D eigenvalue weighted by molar-refractivity contribution is 0.661. The van der Waals surface area contributed by atoms with Crippen LogP contribution in [0.4, 0.5) is 5.69 Å². The molecule has 102 valence electrons. The van der Waals surface area contributed by atoms with E-state index in [0.29, 0.717) is 5.11 Å². The zero-order valence-electron chi connectivity index (χ0n) is 11.6. The minimum Gasteiger partial charge on any atom is -0.331 e.